The Morgan fingerprint density at radius 2 is 1.64 bits per heavy atom. The predicted molar refractivity (Wildman–Crippen MR) is 105 cm³/mol. The molecule has 1 heterocycles. The molecule has 2 unspecified atom stereocenters. The highest BCUT2D eigenvalue weighted by atomic mass is 35.5. The standard InChI is InChI=1S/C18H31N3O2S.ClH/c19-15-9-13-5-4-6-14(10-15)18(13)20-16(22)11-24-12-17(23)21-7-2-1-3-8-21;/h13-15,18H,1-12,19H2,(H,20,22);1H. The number of likely N-dealkylation sites (tertiary alicyclic amines) is 1. The molecular formula is C18H32ClN3O2S. The van der Waals surface area contributed by atoms with Crippen LogP contribution in [0.25, 0.3) is 0 Å². The fourth-order valence-electron chi connectivity index (χ4n) is 4.72. The average Bonchev–Trinajstić information content (AvgIpc) is 2.56. The number of nitrogens with two attached hydrogens (primary N) is 1. The third-order valence-electron chi connectivity index (χ3n) is 5.87. The van der Waals surface area contributed by atoms with Gasteiger partial charge in [-0.25, -0.2) is 0 Å². The van der Waals surface area contributed by atoms with Gasteiger partial charge in [0.1, 0.15) is 0 Å². The van der Waals surface area contributed by atoms with Crippen molar-refractivity contribution in [2.45, 2.75) is 63.5 Å². The van der Waals surface area contributed by atoms with E-state index in [4.69, 9.17) is 5.73 Å². The van der Waals surface area contributed by atoms with Gasteiger partial charge in [-0.15, -0.1) is 24.2 Å². The van der Waals surface area contributed by atoms with Crippen LogP contribution in [0, 0.1) is 11.8 Å². The van der Waals surface area contributed by atoms with E-state index in [9.17, 15) is 9.59 Å². The Morgan fingerprint density at radius 3 is 2.28 bits per heavy atom. The summed E-state index contributed by atoms with van der Waals surface area (Å²) in [6.07, 6.45) is 9.20. The molecule has 2 saturated carbocycles. The van der Waals surface area contributed by atoms with Crippen molar-refractivity contribution in [3.8, 4) is 0 Å². The maximum Gasteiger partial charge on any atom is 0.232 e. The first-order valence-corrected chi connectivity index (χ1v) is 10.7. The van der Waals surface area contributed by atoms with Gasteiger partial charge in [-0.1, -0.05) is 6.42 Å². The first-order chi connectivity index (χ1) is 11.6. The molecule has 2 bridgehead atoms. The second kappa shape index (κ2) is 10.0. The zero-order valence-corrected chi connectivity index (χ0v) is 16.6. The zero-order chi connectivity index (χ0) is 16.9. The summed E-state index contributed by atoms with van der Waals surface area (Å²) in [6, 6.07) is 0.620. The van der Waals surface area contributed by atoms with E-state index in [2.05, 4.69) is 5.32 Å². The molecule has 5 nitrogen and oxygen atoms in total. The van der Waals surface area contributed by atoms with Crippen molar-refractivity contribution >= 4 is 36.0 Å². The molecule has 0 aromatic heterocycles. The van der Waals surface area contributed by atoms with Crippen molar-refractivity contribution in [2.24, 2.45) is 17.6 Å². The Hall–Kier alpha value is -0.460. The van der Waals surface area contributed by atoms with Gasteiger partial charge in [-0.3, -0.25) is 9.59 Å². The molecule has 25 heavy (non-hydrogen) atoms. The third-order valence-corrected chi connectivity index (χ3v) is 6.79. The van der Waals surface area contributed by atoms with Gasteiger partial charge in [0.05, 0.1) is 11.5 Å². The van der Waals surface area contributed by atoms with Gasteiger partial charge in [-0.2, -0.15) is 0 Å². The van der Waals surface area contributed by atoms with Crippen LogP contribution in [0.5, 0.6) is 0 Å². The quantitative estimate of drug-likeness (QED) is 0.755. The fourth-order valence-corrected chi connectivity index (χ4v) is 5.45. The number of carbonyl (C=O) groups excluding carboxylic acids is 2. The molecule has 2 amide bonds. The van der Waals surface area contributed by atoms with Crippen LogP contribution in [0.3, 0.4) is 0 Å². The number of nitrogens with one attached hydrogen (secondary N) is 1. The molecule has 3 aliphatic rings. The van der Waals surface area contributed by atoms with Crippen LogP contribution in [0.1, 0.15) is 51.4 Å². The Kier molecular flexibility index (Phi) is 8.36. The summed E-state index contributed by atoms with van der Waals surface area (Å²) in [6.45, 7) is 1.77. The van der Waals surface area contributed by atoms with Crippen molar-refractivity contribution in [2.75, 3.05) is 24.6 Å². The third kappa shape index (κ3) is 5.76. The topological polar surface area (TPSA) is 75.4 Å². The Morgan fingerprint density at radius 1 is 1.00 bits per heavy atom. The number of hydrogen-bond acceptors (Lipinski definition) is 4. The molecule has 0 spiro atoms. The Balaban J connectivity index is 0.00000225. The van der Waals surface area contributed by atoms with E-state index >= 15 is 0 Å². The second-order valence-electron chi connectivity index (χ2n) is 7.71. The van der Waals surface area contributed by atoms with Gasteiger partial charge in [-0.05, 0) is 56.8 Å². The molecule has 0 radical (unpaired) electrons. The Labute approximate surface area is 161 Å². The van der Waals surface area contributed by atoms with Gasteiger partial charge in [0.15, 0.2) is 0 Å². The lowest BCUT2D eigenvalue weighted by Gasteiger charge is -2.45. The second-order valence-corrected chi connectivity index (χ2v) is 8.70. The number of hydrogen-bond donors (Lipinski definition) is 2. The lowest BCUT2D eigenvalue weighted by Crippen LogP contribution is -2.54. The Bertz CT molecular complexity index is 446. The van der Waals surface area contributed by atoms with Gasteiger partial charge in [0.2, 0.25) is 11.8 Å². The van der Waals surface area contributed by atoms with Crippen LogP contribution < -0.4 is 11.1 Å². The molecule has 3 rings (SSSR count). The maximum atomic E-state index is 12.3. The first-order valence-electron chi connectivity index (χ1n) is 9.54. The molecule has 144 valence electrons. The number of rotatable bonds is 5. The van der Waals surface area contributed by atoms with Crippen LogP contribution >= 0.6 is 24.2 Å². The number of carbonyl (C=O) groups is 2. The minimum atomic E-state index is 0. The van der Waals surface area contributed by atoms with E-state index in [0.29, 0.717) is 35.4 Å². The summed E-state index contributed by atoms with van der Waals surface area (Å²) in [5.74, 6) is 2.20. The lowest BCUT2D eigenvalue weighted by molar-refractivity contribution is -0.129. The summed E-state index contributed by atoms with van der Waals surface area (Å²) < 4.78 is 0. The largest absolute Gasteiger partial charge is 0.352 e. The first kappa shape index (κ1) is 20.8. The molecule has 1 aliphatic heterocycles. The van der Waals surface area contributed by atoms with E-state index in [1.807, 2.05) is 4.90 Å². The highest BCUT2D eigenvalue weighted by Gasteiger charge is 2.39. The van der Waals surface area contributed by atoms with E-state index in [1.165, 1.54) is 37.4 Å². The highest BCUT2D eigenvalue weighted by Crippen LogP contribution is 2.39. The number of piperidine rings is 1. The van der Waals surface area contributed by atoms with Gasteiger partial charge >= 0.3 is 0 Å². The number of amides is 2. The SMILES string of the molecule is Cl.NC1CC2CCCC(C1)C2NC(=O)CSCC(=O)N1CCCCC1. The number of thioether (sulfide) groups is 1. The van der Waals surface area contributed by atoms with Crippen LogP contribution in [0.4, 0.5) is 0 Å². The number of halogens is 1. The van der Waals surface area contributed by atoms with E-state index < -0.39 is 0 Å². The summed E-state index contributed by atoms with van der Waals surface area (Å²) in [5.41, 5.74) is 6.14. The molecule has 2 aliphatic carbocycles. The van der Waals surface area contributed by atoms with Gasteiger partial charge in [0, 0.05) is 25.2 Å². The van der Waals surface area contributed by atoms with Crippen LogP contribution in [0.2, 0.25) is 0 Å². The zero-order valence-electron chi connectivity index (χ0n) is 15.0. The van der Waals surface area contributed by atoms with E-state index in [-0.39, 0.29) is 24.2 Å². The van der Waals surface area contributed by atoms with Gasteiger partial charge < -0.3 is 16.0 Å². The average molecular weight is 390 g/mol. The summed E-state index contributed by atoms with van der Waals surface area (Å²) >= 11 is 1.45. The van der Waals surface area contributed by atoms with E-state index in [0.717, 1.165) is 38.8 Å². The van der Waals surface area contributed by atoms with Crippen molar-refractivity contribution in [1.29, 1.82) is 0 Å². The highest BCUT2D eigenvalue weighted by molar-refractivity contribution is 8.00. The number of nitrogens with zero attached hydrogens (tertiary/aromatic N) is 1. The van der Waals surface area contributed by atoms with Crippen molar-refractivity contribution in [3.05, 3.63) is 0 Å². The summed E-state index contributed by atoms with van der Waals surface area (Å²) in [4.78, 5) is 26.4. The molecule has 2 atom stereocenters. The maximum absolute atomic E-state index is 12.3. The molecule has 0 aromatic rings. The molecule has 3 fully saturated rings. The van der Waals surface area contributed by atoms with E-state index in [1.54, 1.807) is 0 Å². The van der Waals surface area contributed by atoms with Crippen molar-refractivity contribution < 1.29 is 9.59 Å². The van der Waals surface area contributed by atoms with Crippen LogP contribution in [0.15, 0.2) is 0 Å². The molecule has 7 heteroatoms. The monoisotopic (exact) mass is 389 g/mol. The fraction of sp³-hybridized carbons (Fsp3) is 0.889. The van der Waals surface area contributed by atoms with Crippen molar-refractivity contribution in [3.63, 3.8) is 0 Å². The lowest BCUT2D eigenvalue weighted by atomic mass is 9.67. The van der Waals surface area contributed by atoms with Crippen LogP contribution in [-0.4, -0.2) is 53.4 Å². The molecule has 0 aromatic carbocycles. The summed E-state index contributed by atoms with van der Waals surface area (Å²) in [5, 5.41) is 3.25. The smallest absolute Gasteiger partial charge is 0.232 e. The van der Waals surface area contributed by atoms with Crippen molar-refractivity contribution in [1.82, 2.24) is 10.2 Å². The predicted octanol–water partition coefficient (Wildman–Crippen LogP) is 2.18. The van der Waals surface area contributed by atoms with Crippen LogP contribution in [-0.2, 0) is 9.59 Å². The summed E-state index contributed by atoms with van der Waals surface area (Å²) in [7, 11) is 0. The molecular weight excluding hydrogens is 358 g/mol. The number of fused-ring (bicyclic) bond motifs is 2. The minimum Gasteiger partial charge on any atom is -0.352 e. The molecule has 1 saturated heterocycles. The normalized spacial score (nSPS) is 31.8. The molecule has 3 N–H and O–H groups in total. The minimum absolute atomic E-state index is 0. The van der Waals surface area contributed by atoms with Gasteiger partial charge in [0.25, 0.3) is 0 Å².